The summed E-state index contributed by atoms with van der Waals surface area (Å²) in [7, 11) is 0. The zero-order valence-corrected chi connectivity index (χ0v) is 4.86. The van der Waals surface area contributed by atoms with Gasteiger partial charge in [-0.1, -0.05) is 19.1 Å². The summed E-state index contributed by atoms with van der Waals surface area (Å²) in [6.07, 6.45) is 5.58. The van der Waals surface area contributed by atoms with Crippen molar-refractivity contribution in [1.82, 2.24) is 0 Å². The molecule has 38 valence electrons. The van der Waals surface area contributed by atoms with Gasteiger partial charge in [0.1, 0.15) is 0 Å². The van der Waals surface area contributed by atoms with Crippen LogP contribution in [0.25, 0.3) is 0 Å². The minimum atomic E-state index is 1.21. The Kier molecular flexibility index (Phi) is 1.01. The van der Waals surface area contributed by atoms with Crippen LogP contribution in [0.2, 0.25) is 0 Å². The number of allylic oxidation sites excluding steroid dienone is 4. The van der Waals surface area contributed by atoms with Gasteiger partial charge in [0, 0.05) is 0 Å². The molecule has 1 rings (SSSR count). The third kappa shape index (κ3) is 0.738. The average molecular weight is 94.2 g/mol. The van der Waals surface area contributed by atoms with Crippen LogP contribution in [-0.2, 0) is 0 Å². The second kappa shape index (κ2) is 1.53. The van der Waals surface area contributed by atoms with Crippen LogP contribution >= 0.6 is 0 Å². The maximum absolute atomic E-state index is 2.22. The highest BCUT2D eigenvalue weighted by Crippen LogP contribution is 2.29. The standard InChI is InChI=1S/C7H10/c1-3-6-5-7(6)4-2/h3,5H,4H2,1-2H3. The highest BCUT2D eigenvalue weighted by molar-refractivity contribution is 5.56. The molecule has 0 heteroatoms. The Labute approximate surface area is 44.5 Å². The van der Waals surface area contributed by atoms with Crippen molar-refractivity contribution in [3.63, 3.8) is 0 Å². The van der Waals surface area contributed by atoms with Crippen molar-refractivity contribution in [3.8, 4) is 0 Å². The first-order valence-corrected chi connectivity index (χ1v) is 2.75. The van der Waals surface area contributed by atoms with Crippen molar-refractivity contribution in [3.05, 3.63) is 23.3 Å². The van der Waals surface area contributed by atoms with Gasteiger partial charge in [0.25, 0.3) is 0 Å². The summed E-state index contributed by atoms with van der Waals surface area (Å²) >= 11 is 0. The smallest absolute Gasteiger partial charge is 0.0264 e. The third-order valence-electron chi connectivity index (χ3n) is 1.31. The van der Waals surface area contributed by atoms with Gasteiger partial charge in [-0.25, -0.2) is 0 Å². The number of hydrogen-bond donors (Lipinski definition) is 0. The molecule has 0 heterocycles. The second-order valence-electron chi connectivity index (χ2n) is 1.77. The number of hydrogen-bond acceptors (Lipinski definition) is 0. The molecule has 0 nitrogen and oxygen atoms in total. The summed E-state index contributed by atoms with van der Waals surface area (Å²) in [6.45, 7) is 4.26. The molecule has 7 heavy (non-hydrogen) atoms. The monoisotopic (exact) mass is 94.1 g/mol. The summed E-state index contributed by atoms with van der Waals surface area (Å²) in [5, 5.41) is 0. The van der Waals surface area contributed by atoms with Gasteiger partial charge in [-0.2, -0.15) is 0 Å². The van der Waals surface area contributed by atoms with Crippen LogP contribution < -0.4 is 0 Å². The van der Waals surface area contributed by atoms with Crippen molar-refractivity contribution >= 4 is 0 Å². The van der Waals surface area contributed by atoms with Crippen LogP contribution in [0, 0.1) is 0 Å². The summed E-state index contributed by atoms with van der Waals surface area (Å²) in [6, 6.07) is 0. The molecule has 0 radical (unpaired) electrons. The maximum atomic E-state index is 2.22. The fourth-order valence-corrected chi connectivity index (χ4v) is 0.727. The fraction of sp³-hybridized carbons (Fsp3) is 0.429. The lowest BCUT2D eigenvalue weighted by molar-refractivity contribution is 1.19. The van der Waals surface area contributed by atoms with Gasteiger partial charge in [0.2, 0.25) is 0 Å². The Hall–Kier alpha value is -0.520. The summed E-state index contributed by atoms with van der Waals surface area (Å²) in [5.74, 6) is 0. The van der Waals surface area contributed by atoms with Crippen LogP contribution in [0.1, 0.15) is 20.3 Å². The topological polar surface area (TPSA) is 0 Å². The molecule has 0 unspecified atom stereocenters. The van der Waals surface area contributed by atoms with Crippen LogP contribution in [0.5, 0.6) is 0 Å². The summed E-state index contributed by atoms with van der Waals surface area (Å²) < 4.78 is 0. The van der Waals surface area contributed by atoms with Gasteiger partial charge in [-0.05, 0) is 24.5 Å². The molecular formula is C7H10. The highest BCUT2D eigenvalue weighted by atomic mass is 14.1. The lowest BCUT2D eigenvalue weighted by Crippen LogP contribution is -1.55. The van der Waals surface area contributed by atoms with E-state index in [1.807, 2.05) is 0 Å². The van der Waals surface area contributed by atoms with Crippen LogP contribution in [0.3, 0.4) is 0 Å². The van der Waals surface area contributed by atoms with Gasteiger partial charge in [-0.3, -0.25) is 0 Å². The Morgan fingerprint density at radius 2 is 2.43 bits per heavy atom. The van der Waals surface area contributed by atoms with Crippen LogP contribution in [0.15, 0.2) is 23.3 Å². The Morgan fingerprint density at radius 1 is 1.71 bits per heavy atom. The SMILES string of the molecule is CC=C1C=C1CC. The van der Waals surface area contributed by atoms with Crippen LogP contribution in [-0.4, -0.2) is 0 Å². The van der Waals surface area contributed by atoms with Crippen LogP contribution in [0.4, 0.5) is 0 Å². The van der Waals surface area contributed by atoms with E-state index in [1.54, 1.807) is 0 Å². The second-order valence-corrected chi connectivity index (χ2v) is 1.77. The van der Waals surface area contributed by atoms with E-state index in [2.05, 4.69) is 26.0 Å². The third-order valence-corrected chi connectivity index (χ3v) is 1.31. The van der Waals surface area contributed by atoms with Crippen molar-refractivity contribution in [2.45, 2.75) is 20.3 Å². The molecule has 0 aromatic carbocycles. The van der Waals surface area contributed by atoms with E-state index in [0.29, 0.717) is 0 Å². The molecule has 0 aliphatic heterocycles. The molecule has 1 aliphatic carbocycles. The van der Waals surface area contributed by atoms with Crippen molar-refractivity contribution in [1.29, 1.82) is 0 Å². The zero-order valence-electron chi connectivity index (χ0n) is 4.86. The zero-order chi connectivity index (χ0) is 5.28. The molecule has 0 amide bonds. The van der Waals surface area contributed by atoms with E-state index in [9.17, 15) is 0 Å². The first-order chi connectivity index (χ1) is 3.38. The molecule has 1 aliphatic rings. The van der Waals surface area contributed by atoms with E-state index >= 15 is 0 Å². The lowest BCUT2D eigenvalue weighted by atomic mass is 10.3. The largest absolute Gasteiger partial charge is 0.0801 e. The van der Waals surface area contributed by atoms with E-state index in [4.69, 9.17) is 0 Å². The van der Waals surface area contributed by atoms with E-state index in [0.717, 1.165) is 0 Å². The lowest BCUT2D eigenvalue weighted by Gasteiger charge is -1.74. The highest BCUT2D eigenvalue weighted by Gasteiger charge is 2.10. The normalized spacial score (nSPS) is 22.6. The molecule has 0 N–H and O–H groups in total. The molecule has 0 bridgehead atoms. The number of rotatable bonds is 1. The van der Waals surface area contributed by atoms with Crippen molar-refractivity contribution in [2.75, 3.05) is 0 Å². The van der Waals surface area contributed by atoms with Crippen molar-refractivity contribution < 1.29 is 0 Å². The predicted molar refractivity (Wildman–Crippen MR) is 32.1 cm³/mol. The predicted octanol–water partition coefficient (Wildman–Crippen LogP) is 2.28. The van der Waals surface area contributed by atoms with E-state index in [1.165, 1.54) is 17.6 Å². The van der Waals surface area contributed by atoms with E-state index in [-0.39, 0.29) is 0 Å². The summed E-state index contributed by atoms with van der Waals surface area (Å²) in [5.41, 5.74) is 2.99. The molecule has 0 spiro atoms. The van der Waals surface area contributed by atoms with Gasteiger partial charge in [0.15, 0.2) is 0 Å². The Bertz CT molecular complexity index is 127. The molecule has 0 fully saturated rings. The van der Waals surface area contributed by atoms with Gasteiger partial charge in [0.05, 0.1) is 0 Å². The summed E-state index contributed by atoms with van der Waals surface area (Å²) in [4.78, 5) is 0. The quantitative estimate of drug-likeness (QED) is 0.467. The van der Waals surface area contributed by atoms with Crippen molar-refractivity contribution in [2.24, 2.45) is 0 Å². The minimum Gasteiger partial charge on any atom is -0.0801 e. The molecule has 0 aromatic rings. The molecule has 0 saturated heterocycles. The first-order valence-electron chi connectivity index (χ1n) is 2.75. The Balaban J connectivity index is 2.41. The van der Waals surface area contributed by atoms with Gasteiger partial charge >= 0.3 is 0 Å². The molecule has 0 saturated carbocycles. The van der Waals surface area contributed by atoms with E-state index < -0.39 is 0 Å². The molecule has 0 atom stereocenters. The first kappa shape index (κ1) is 4.63. The van der Waals surface area contributed by atoms with Gasteiger partial charge in [-0.15, -0.1) is 0 Å². The molecule has 0 aromatic heterocycles. The molecular weight excluding hydrogens is 84.1 g/mol. The minimum absolute atomic E-state index is 1.21. The van der Waals surface area contributed by atoms with Gasteiger partial charge < -0.3 is 0 Å². The average Bonchev–Trinajstić information content (AvgIpc) is 2.43. The fourth-order valence-electron chi connectivity index (χ4n) is 0.727. The maximum Gasteiger partial charge on any atom is -0.0264 e. The Morgan fingerprint density at radius 3 is 2.57 bits per heavy atom.